The number of amides is 1. The van der Waals surface area contributed by atoms with Crippen LogP contribution in [-0.4, -0.2) is 17.0 Å². The second kappa shape index (κ2) is 9.93. The van der Waals surface area contributed by atoms with Gasteiger partial charge in [0, 0.05) is 27.8 Å². The smallest absolute Gasteiger partial charge is 0.281 e. The predicted octanol–water partition coefficient (Wildman–Crippen LogP) is 6.44. The lowest BCUT2D eigenvalue weighted by molar-refractivity contribution is -0.384. The van der Waals surface area contributed by atoms with E-state index in [9.17, 15) is 19.3 Å². The van der Waals surface area contributed by atoms with Gasteiger partial charge in [-0.1, -0.05) is 42.5 Å². The molecule has 0 saturated carbocycles. The quantitative estimate of drug-likeness (QED) is 0.158. The van der Waals surface area contributed by atoms with Crippen molar-refractivity contribution < 1.29 is 18.8 Å². The van der Waals surface area contributed by atoms with Crippen LogP contribution in [-0.2, 0) is 6.61 Å². The summed E-state index contributed by atoms with van der Waals surface area (Å²) in [6.07, 6.45) is 1.53. The van der Waals surface area contributed by atoms with Gasteiger partial charge in [0.15, 0.2) is 0 Å². The second-order valence-electron chi connectivity index (χ2n) is 7.90. The Kier molecular flexibility index (Phi) is 6.38. The molecule has 0 aliphatic carbocycles. The van der Waals surface area contributed by atoms with Crippen LogP contribution in [0.4, 0.5) is 10.1 Å². The van der Waals surface area contributed by atoms with E-state index in [0.29, 0.717) is 21.6 Å². The molecule has 178 valence electrons. The van der Waals surface area contributed by atoms with E-state index in [-0.39, 0.29) is 18.1 Å². The average molecular weight is 500 g/mol. The third-order valence-electron chi connectivity index (χ3n) is 5.53. The Bertz CT molecular complexity index is 1630. The first-order valence-corrected chi connectivity index (χ1v) is 11.7. The zero-order chi connectivity index (χ0) is 25.1. The number of nitro groups is 1. The number of halogens is 1. The normalized spacial score (nSPS) is 11.2. The van der Waals surface area contributed by atoms with Gasteiger partial charge >= 0.3 is 0 Å². The number of benzene rings is 4. The maximum Gasteiger partial charge on any atom is 0.281 e. The molecule has 36 heavy (non-hydrogen) atoms. The molecule has 7 nitrogen and oxygen atoms in total. The number of nitrogens with zero attached hydrogens (tertiary/aromatic N) is 2. The number of fused-ring (bicyclic) bond motifs is 2. The number of carbonyl (C=O) groups is 1. The summed E-state index contributed by atoms with van der Waals surface area (Å²) in [6.45, 7) is 0.236. The predicted molar refractivity (Wildman–Crippen MR) is 138 cm³/mol. The van der Waals surface area contributed by atoms with Gasteiger partial charge in [0.1, 0.15) is 18.2 Å². The highest BCUT2D eigenvalue weighted by Gasteiger charge is 2.13. The minimum absolute atomic E-state index is 0.0330. The Balaban J connectivity index is 1.38. The fourth-order valence-electron chi connectivity index (χ4n) is 3.74. The molecule has 0 fully saturated rings. The number of hydrogen-bond acceptors (Lipinski definition) is 6. The molecule has 5 rings (SSSR count). The molecule has 0 radical (unpaired) electrons. The summed E-state index contributed by atoms with van der Waals surface area (Å²) in [6, 6.07) is 23.6. The Hall–Kier alpha value is -4.63. The molecule has 1 heterocycles. The zero-order valence-electron chi connectivity index (χ0n) is 18.7. The molecule has 0 saturated heterocycles. The number of rotatable bonds is 7. The van der Waals surface area contributed by atoms with Crippen molar-refractivity contribution in [2.75, 3.05) is 0 Å². The number of hydrazone groups is 1. The number of non-ortho nitro benzene ring substituents is 1. The number of hydrogen-bond donors (Lipinski definition) is 1. The first-order chi connectivity index (χ1) is 17.5. The molecule has 1 aromatic heterocycles. The summed E-state index contributed by atoms with van der Waals surface area (Å²) < 4.78 is 20.0. The zero-order valence-corrected chi connectivity index (χ0v) is 19.5. The molecule has 5 aromatic rings. The topological polar surface area (TPSA) is 93.8 Å². The second-order valence-corrected chi connectivity index (χ2v) is 8.99. The van der Waals surface area contributed by atoms with Crippen LogP contribution in [0.25, 0.3) is 20.9 Å². The fraction of sp³-hybridized carbons (Fsp3) is 0.0370. The van der Waals surface area contributed by atoms with Crippen LogP contribution in [0.3, 0.4) is 0 Å². The standard InChI is InChI=1S/C27H18FN3O4S/c28-20-8-5-17(6-9-20)16-35-24-11-7-18-3-1-2-4-22(18)23(24)15-29-30-27(32)26-14-19-13-21(31(33)34)10-12-25(19)36-26/h1-15H,16H2,(H,30,32). The van der Waals surface area contributed by atoms with E-state index in [0.717, 1.165) is 21.0 Å². The first-order valence-electron chi connectivity index (χ1n) is 10.9. The van der Waals surface area contributed by atoms with Crippen molar-refractivity contribution in [2.24, 2.45) is 5.10 Å². The van der Waals surface area contributed by atoms with Crippen LogP contribution in [0.15, 0.2) is 90.0 Å². The molecule has 0 aliphatic rings. The van der Waals surface area contributed by atoms with E-state index in [1.807, 2.05) is 36.4 Å². The molecule has 0 unspecified atom stereocenters. The monoisotopic (exact) mass is 499 g/mol. The summed E-state index contributed by atoms with van der Waals surface area (Å²) in [5.41, 5.74) is 3.99. The van der Waals surface area contributed by atoms with Crippen molar-refractivity contribution in [3.05, 3.63) is 117 Å². The van der Waals surface area contributed by atoms with E-state index in [2.05, 4.69) is 10.5 Å². The summed E-state index contributed by atoms with van der Waals surface area (Å²) >= 11 is 1.22. The van der Waals surface area contributed by atoms with Gasteiger partial charge in [0.2, 0.25) is 0 Å². The van der Waals surface area contributed by atoms with Crippen molar-refractivity contribution in [1.82, 2.24) is 5.43 Å². The van der Waals surface area contributed by atoms with Crippen molar-refractivity contribution in [1.29, 1.82) is 0 Å². The van der Waals surface area contributed by atoms with Gasteiger partial charge in [-0.05, 0) is 46.7 Å². The van der Waals surface area contributed by atoms with Crippen LogP contribution in [0, 0.1) is 15.9 Å². The Morgan fingerprint density at radius 1 is 1.03 bits per heavy atom. The van der Waals surface area contributed by atoms with Gasteiger partial charge in [-0.3, -0.25) is 14.9 Å². The van der Waals surface area contributed by atoms with Gasteiger partial charge in [0.25, 0.3) is 11.6 Å². The molecule has 0 spiro atoms. The highest BCUT2D eigenvalue weighted by atomic mass is 32.1. The van der Waals surface area contributed by atoms with E-state index in [1.165, 1.54) is 41.8 Å². The van der Waals surface area contributed by atoms with Crippen molar-refractivity contribution >= 4 is 50.0 Å². The molecule has 0 atom stereocenters. The fourth-order valence-corrected chi connectivity index (χ4v) is 4.68. The highest BCUT2D eigenvalue weighted by molar-refractivity contribution is 7.20. The highest BCUT2D eigenvalue weighted by Crippen LogP contribution is 2.29. The Morgan fingerprint density at radius 3 is 2.64 bits per heavy atom. The van der Waals surface area contributed by atoms with Crippen LogP contribution in [0.1, 0.15) is 20.8 Å². The number of thiophene rings is 1. The molecule has 0 bridgehead atoms. The maximum atomic E-state index is 13.2. The van der Waals surface area contributed by atoms with Gasteiger partial charge in [0.05, 0.1) is 16.0 Å². The number of ether oxygens (including phenoxy) is 1. The molecule has 9 heteroatoms. The van der Waals surface area contributed by atoms with Crippen LogP contribution in [0.2, 0.25) is 0 Å². The summed E-state index contributed by atoms with van der Waals surface area (Å²) in [4.78, 5) is 23.6. The van der Waals surface area contributed by atoms with Gasteiger partial charge < -0.3 is 4.74 Å². The molecule has 1 N–H and O–H groups in total. The summed E-state index contributed by atoms with van der Waals surface area (Å²) in [5, 5.41) is 17.7. The molecule has 0 aliphatic heterocycles. The maximum absolute atomic E-state index is 13.2. The van der Waals surface area contributed by atoms with Crippen molar-refractivity contribution in [3.8, 4) is 5.75 Å². The third-order valence-corrected chi connectivity index (χ3v) is 6.65. The Morgan fingerprint density at radius 2 is 1.83 bits per heavy atom. The lowest BCUT2D eigenvalue weighted by atomic mass is 10.0. The van der Waals surface area contributed by atoms with Crippen LogP contribution >= 0.6 is 11.3 Å². The first kappa shape index (κ1) is 23.1. The largest absolute Gasteiger partial charge is 0.488 e. The van der Waals surface area contributed by atoms with E-state index >= 15 is 0 Å². The van der Waals surface area contributed by atoms with Crippen molar-refractivity contribution in [2.45, 2.75) is 6.61 Å². The Labute approximate surface area is 208 Å². The molecular weight excluding hydrogens is 481 g/mol. The van der Waals surface area contributed by atoms with Crippen LogP contribution in [0.5, 0.6) is 5.75 Å². The minimum atomic E-state index is -0.471. The number of nitro benzene ring substituents is 1. The lowest BCUT2D eigenvalue weighted by Crippen LogP contribution is -2.16. The SMILES string of the molecule is O=C(NN=Cc1c(OCc2ccc(F)cc2)ccc2ccccc12)c1cc2cc([N+](=O)[O-])ccc2s1. The molecule has 4 aromatic carbocycles. The third kappa shape index (κ3) is 4.91. The molecule has 1 amide bonds. The van der Waals surface area contributed by atoms with E-state index in [1.54, 1.807) is 24.3 Å². The lowest BCUT2D eigenvalue weighted by Gasteiger charge is -2.12. The molecular formula is C27H18FN3O4S. The van der Waals surface area contributed by atoms with Crippen molar-refractivity contribution in [3.63, 3.8) is 0 Å². The summed E-state index contributed by atoms with van der Waals surface area (Å²) in [7, 11) is 0. The van der Waals surface area contributed by atoms with E-state index < -0.39 is 10.8 Å². The van der Waals surface area contributed by atoms with E-state index in [4.69, 9.17) is 4.74 Å². The van der Waals surface area contributed by atoms with Gasteiger partial charge in [-0.15, -0.1) is 11.3 Å². The van der Waals surface area contributed by atoms with Gasteiger partial charge in [-0.25, -0.2) is 9.82 Å². The van der Waals surface area contributed by atoms with Gasteiger partial charge in [-0.2, -0.15) is 5.10 Å². The number of nitrogens with one attached hydrogen (secondary N) is 1. The number of carbonyl (C=O) groups excluding carboxylic acids is 1. The average Bonchev–Trinajstić information content (AvgIpc) is 3.32. The van der Waals surface area contributed by atoms with Crippen LogP contribution < -0.4 is 10.2 Å². The minimum Gasteiger partial charge on any atom is -0.488 e. The summed E-state index contributed by atoms with van der Waals surface area (Å²) in [5.74, 6) is -0.181.